The van der Waals surface area contributed by atoms with Gasteiger partial charge < -0.3 is 0 Å². The second-order valence-corrected chi connectivity index (χ2v) is 5.58. The van der Waals surface area contributed by atoms with Gasteiger partial charge in [-0.2, -0.15) is 9.36 Å². The summed E-state index contributed by atoms with van der Waals surface area (Å²) in [7, 11) is 0. The Morgan fingerprint density at radius 3 is 2.54 bits per heavy atom. The van der Waals surface area contributed by atoms with E-state index in [4.69, 9.17) is 0 Å². The molecule has 24 heavy (non-hydrogen) atoms. The number of hydrogen-bond acceptors (Lipinski definition) is 6. The summed E-state index contributed by atoms with van der Waals surface area (Å²) < 4.78 is 2.00. The number of benzene rings is 1. The third kappa shape index (κ3) is 3.38. The van der Waals surface area contributed by atoms with Crippen molar-refractivity contribution < 1.29 is 9.59 Å². The number of aromatic nitrogens is 4. The molecule has 9 nitrogen and oxygen atoms in total. The van der Waals surface area contributed by atoms with Gasteiger partial charge >= 0.3 is 5.69 Å². The molecule has 0 spiro atoms. The summed E-state index contributed by atoms with van der Waals surface area (Å²) in [6.07, 6.45) is 0. The topological polar surface area (TPSA) is 111 Å². The van der Waals surface area contributed by atoms with Crippen LogP contribution in [-0.2, 0) is 11.3 Å². The smallest absolute Gasteiger partial charge is 0.271 e. The Kier molecular flexibility index (Phi) is 4.47. The molecule has 0 saturated carbocycles. The van der Waals surface area contributed by atoms with E-state index in [1.807, 2.05) is 0 Å². The van der Waals surface area contributed by atoms with E-state index in [-0.39, 0.29) is 6.54 Å². The van der Waals surface area contributed by atoms with Gasteiger partial charge in [0.2, 0.25) is 0 Å². The van der Waals surface area contributed by atoms with Gasteiger partial charge in [0, 0.05) is 5.56 Å². The van der Waals surface area contributed by atoms with Crippen molar-refractivity contribution in [3.05, 3.63) is 63.9 Å². The second kappa shape index (κ2) is 6.87. The van der Waals surface area contributed by atoms with Crippen molar-refractivity contribution in [3.63, 3.8) is 0 Å². The number of rotatable bonds is 4. The molecule has 2 heterocycles. The van der Waals surface area contributed by atoms with Crippen LogP contribution in [0.1, 0.15) is 10.4 Å². The number of hydrazine groups is 1. The monoisotopic (exact) mass is 344 g/mol. The van der Waals surface area contributed by atoms with Gasteiger partial charge in [-0.05, 0) is 40.1 Å². The van der Waals surface area contributed by atoms with E-state index >= 15 is 0 Å². The van der Waals surface area contributed by atoms with Gasteiger partial charge in [-0.25, -0.2) is 4.79 Å². The fourth-order valence-corrected chi connectivity index (χ4v) is 2.53. The summed E-state index contributed by atoms with van der Waals surface area (Å²) in [5, 5.41) is 9.76. The quantitative estimate of drug-likeness (QED) is 0.645. The zero-order valence-electron chi connectivity index (χ0n) is 12.2. The van der Waals surface area contributed by atoms with E-state index < -0.39 is 17.5 Å². The molecule has 2 N–H and O–H groups in total. The van der Waals surface area contributed by atoms with E-state index in [1.54, 1.807) is 47.8 Å². The van der Waals surface area contributed by atoms with Crippen molar-refractivity contribution in [2.45, 2.75) is 6.54 Å². The van der Waals surface area contributed by atoms with Crippen LogP contribution in [0.4, 0.5) is 0 Å². The van der Waals surface area contributed by atoms with E-state index in [0.29, 0.717) is 10.6 Å². The van der Waals surface area contributed by atoms with Crippen LogP contribution < -0.4 is 16.5 Å². The van der Waals surface area contributed by atoms with E-state index in [9.17, 15) is 14.4 Å². The van der Waals surface area contributed by atoms with Gasteiger partial charge in [0.1, 0.15) is 11.5 Å². The van der Waals surface area contributed by atoms with Crippen molar-refractivity contribution >= 4 is 23.2 Å². The fraction of sp³-hybridized carbons (Fsp3) is 0.0714. The van der Waals surface area contributed by atoms with Crippen molar-refractivity contribution in [1.82, 2.24) is 30.6 Å². The highest BCUT2D eigenvalue weighted by Gasteiger charge is 2.13. The first-order chi connectivity index (χ1) is 11.6. The first-order valence-corrected chi connectivity index (χ1v) is 7.74. The maximum Gasteiger partial charge on any atom is 0.369 e. The Morgan fingerprint density at radius 2 is 1.83 bits per heavy atom. The number of carbonyl (C=O) groups excluding carboxylic acids is 2. The molecule has 10 heteroatoms. The van der Waals surface area contributed by atoms with Gasteiger partial charge in [-0.1, -0.05) is 18.2 Å². The van der Waals surface area contributed by atoms with Crippen molar-refractivity contribution in [3.8, 4) is 5.00 Å². The predicted molar refractivity (Wildman–Crippen MR) is 85.5 cm³/mol. The van der Waals surface area contributed by atoms with E-state index in [1.165, 1.54) is 11.3 Å². The van der Waals surface area contributed by atoms with Crippen molar-refractivity contribution in [2.24, 2.45) is 0 Å². The zero-order valence-corrected chi connectivity index (χ0v) is 13.1. The third-order valence-corrected chi connectivity index (χ3v) is 3.84. The van der Waals surface area contributed by atoms with Crippen LogP contribution in [0.5, 0.6) is 0 Å². The van der Waals surface area contributed by atoms with Crippen LogP contribution in [0.3, 0.4) is 0 Å². The fourth-order valence-electron chi connectivity index (χ4n) is 1.87. The normalized spacial score (nSPS) is 10.3. The molecule has 0 unspecified atom stereocenters. The lowest BCUT2D eigenvalue weighted by Gasteiger charge is -2.06. The lowest BCUT2D eigenvalue weighted by atomic mass is 10.2. The highest BCUT2D eigenvalue weighted by atomic mass is 32.1. The number of carbonyl (C=O) groups is 2. The molecular formula is C14H12N6O3S. The number of tetrazole rings is 1. The highest BCUT2D eigenvalue weighted by molar-refractivity contribution is 7.12. The molecular weight excluding hydrogens is 332 g/mol. The van der Waals surface area contributed by atoms with Gasteiger partial charge in [-0.15, -0.1) is 11.3 Å². The average Bonchev–Trinajstić information content (AvgIpc) is 3.24. The molecule has 2 amide bonds. The summed E-state index contributed by atoms with van der Waals surface area (Å²) in [6, 6.07) is 11.9. The SMILES string of the molecule is O=C(Cn1nnn(-c2cccs2)c1=O)NNC(=O)c1ccccc1. The van der Waals surface area contributed by atoms with Gasteiger partial charge in [0.15, 0.2) is 0 Å². The van der Waals surface area contributed by atoms with Gasteiger partial charge in [-0.3, -0.25) is 20.4 Å². The van der Waals surface area contributed by atoms with Crippen LogP contribution in [0, 0.1) is 0 Å². The largest absolute Gasteiger partial charge is 0.369 e. The summed E-state index contributed by atoms with van der Waals surface area (Å²) in [4.78, 5) is 35.7. The van der Waals surface area contributed by atoms with Crippen LogP contribution in [-0.4, -0.2) is 31.6 Å². The first kappa shape index (κ1) is 15.6. The Hall–Kier alpha value is -3.27. The van der Waals surface area contributed by atoms with Crippen molar-refractivity contribution in [1.29, 1.82) is 0 Å². The maximum absolute atomic E-state index is 12.1. The molecule has 1 aromatic carbocycles. The Balaban J connectivity index is 1.60. The molecule has 0 radical (unpaired) electrons. The Morgan fingerprint density at radius 1 is 1.04 bits per heavy atom. The van der Waals surface area contributed by atoms with Crippen LogP contribution in [0.25, 0.3) is 5.00 Å². The Bertz CT molecular complexity index is 900. The number of amides is 2. The molecule has 2 aromatic heterocycles. The summed E-state index contributed by atoms with van der Waals surface area (Å²) in [6.45, 7) is -0.362. The predicted octanol–water partition coefficient (Wildman–Crippen LogP) is -0.0483. The van der Waals surface area contributed by atoms with Crippen LogP contribution in [0.2, 0.25) is 0 Å². The summed E-state index contributed by atoms with van der Waals surface area (Å²) >= 11 is 1.32. The molecule has 3 aromatic rings. The highest BCUT2D eigenvalue weighted by Crippen LogP contribution is 2.10. The van der Waals surface area contributed by atoms with Crippen molar-refractivity contribution in [2.75, 3.05) is 0 Å². The number of thiophene rings is 1. The van der Waals surface area contributed by atoms with Gasteiger partial charge in [0.25, 0.3) is 11.8 Å². The first-order valence-electron chi connectivity index (χ1n) is 6.86. The second-order valence-electron chi connectivity index (χ2n) is 4.65. The minimum atomic E-state index is -0.598. The standard InChI is InChI=1S/C14H12N6O3S/c21-11(15-16-13(22)10-5-2-1-3-6-10)9-19-14(23)20(18-17-19)12-7-4-8-24-12/h1-8H,9H2,(H,15,21)(H,16,22). The average molecular weight is 344 g/mol. The summed E-state index contributed by atoms with van der Waals surface area (Å²) in [5.41, 5.74) is 4.36. The molecule has 0 aliphatic carbocycles. The van der Waals surface area contributed by atoms with Crippen LogP contribution >= 0.6 is 11.3 Å². The minimum absolute atomic E-state index is 0.362. The molecule has 0 atom stereocenters. The number of nitrogens with one attached hydrogen (secondary N) is 2. The molecule has 0 saturated heterocycles. The molecule has 0 fully saturated rings. The Labute approximate surface area is 139 Å². The van der Waals surface area contributed by atoms with Gasteiger partial charge in [0.05, 0.1) is 0 Å². The molecule has 122 valence electrons. The molecule has 3 rings (SSSR count). The lowest BCUT2D eigenvalue weighted by Crippen LogP contribution is -2.44. The molecule has 0 aliphatic rings. The van der Waals surface area contributed by atoms with E-state index in [0.717, 1.165) is 9.36 Å². The number of nitrogens with zero attached hydrogens (tertiary/aromatic N) is 4. The third-order valence-electron chi connectivity index (χ3n) is 3.00. The lowest BCUT2D eigenvalue weighted by molar-refractivity contribution is -0.122. The minimum Gasteiger partial charge on any atom is -0.271 e. The summed E-state index contributed by atoms with van der Waals surface area (Å²) in [5.74, 6) is -1.06. The molecule has 0 bridgehead atoms. The number of hydrogen-bond donors (Lipinski definition) is 2. The zero-order chi connectivity index (χ0) is 16.9. The van der Waals surface area contributed by atoms with Crippen LogP contribution in [0.15, 0.2) is 52.6 Å². The van der Waals surface area contributed by atoms with E-state index in [2.05, 4.69) is 21.3 Å². The molecule has 0 aliphatic heterocycles. The maximum atomic E-state index is 12.1.